The Labute approximate surface area is 254 Å². The van der Waals surface area contributed by atoms with Gasteiger partial charge in [-0.3, -0.25) is 18.7 Å². The Morgan fingerprint density at radius 2 is 1.77 bits per heavy atom. The molecule has 1 aliphatic heterocycles. The van der Waals surface area contributed by atoms with Crippen molar-refractivity contribution in [2.45, 2.75) is 85.4 Å². The highest BCUT2D eigenvalue weighted by Gasteiger charge is 2.57. The van der Waals surface area contributed by atoms with Gasteiger partial charge in [0.15, 0.2) is 12.4 Å². The Kier molecular flexibility index (Phi) is 12.7. The number of esters is 2. The molecule has 0 amide bonds. The van der Waals surface area contributed by atoms with E-state index >= 15 is 4.39 Å². The number of phosphoric acid groups is 1. The molecular weight excluding hydrogens is 616 g/mol. The molecule has 0 aliphatic carbocycles. The van der Waals surface area contributed by atoms with Gasteiger partial charge in [0, 0.05) is 6.20 Å². The van der Waals surface area contributed by atoms with Crippen LogP contribution in [0.25, 0.3) is 0 Å². The zero-order valence-electron chi connectivity index (χ0n) is 25.4. The molecule has 0 saturated carbocycles. The minimum atomic E-state index is -4.75. The first-order chi connectivity index (χ1) is 19.8. The molecule has 17 heteroatoms. The number of nitrogens with two attached hydrogens (primary N) is 1. The summed E-state index contributed by atoms with van der Waals surface area (Å²) in [5.74, 6) is -1.71. The van der Waals surface area contributed by atoms with Gasteiger partial charge in [0.2, 0.25) is 13.6 Å². The molecule has 5 unspecified atom stereocenters. The zero-order valence-corrected chi connectivity index (χ0v) is 27.1. The first kappa shape index (κ1) is 37.1. The van der Waals surface area contributed by atoms with Crippen LogP contribution in [0.3, 0.4) is 0 Å². The van der Waals surface area contributed by atoms with Gasteiger partial charge < -0.3 is 25.1 Å². The first-order valence-corrected chi connectivity index (χ1v) is 15.5. The smallest absolute Gasteiger partial charge is 0.437 e. The predicted octanol–water partition coefficient (Wildman–Crippen LogP) is 3.70. The lowest BCUT2D eigenvalue weighted by Crippen LogP contribution is -2.47. The number of carbonyl (C=O) groups is 2. The van der Waals surface area contributed by atoms with E-state index in [0.717, 1.165) is 17.2 Å². The third kappa shape index (κ3) is 9.93. The summed E-state index contributed by atoms with van der Waals surface area (Å²) in [6.45, 7) is 9.48. The first-order valence-electron chi connectivity index (χ1n) is 13.6. The quantitative estimate of drug-likeness (QED) is 0.120. The number of alkyl halides is 2. The predicted molar refractivity (Wildman–Crippen MR) is 152 cm³/mol. The molecule has 246 valence electrons. The molecule has 0 bridgehead atoms. The number of phosphoric ester groups is 1. The molecule has 0 spiro atoms. The van der Waals surface area contributed by atoms with Crippen molar-refractivity contribution < 1.29 is 51.4 Å². The highest BCUT2D eigenvalue weighted by molar-refractivity contribution is 7.48. The standard InChI is InChI=1S/C26H42ClFN3O11P/c1-16(2)8-10-25(6,7)22(34)38-15-41-43(36,40-14-37-21(33)24(3,4)5)39-13-26(12-27)19(32)18(28)20(42-26)31-11-9-17(29)30-23(31)35/h9,11,16,18-20,32H,8,10,12-15H2,1-7H3,(H2,29,30,35). The number of rotatable bonds is 15. The second-order valence-corrected chi connectivity index (χ2v) is 14.2. The van der Waals surface area contributed by atoms with Gasteiger partial charge in [0.05, 0.1) is 23.3 Å². The fraction of sp³-hybridized carbons (Fsp3) is 0.769. The average Bonchev–Trinajstić information content (AvgIpc) is 3.16. The number of nitrogen functional groups attached to an aromatic ring is 1. The Morgan fingerprint density at radius 3 is 2.28 bits per heavy atom. The molecule has 5 atom stereocenters. The highest BCUT2D eigenvalue weighted by atomic mass is 35.5. The Morgan fingerprint density at radius 1 is 1.19 bits per heavy atom. The minimum absolute atomic E-state index is 0.117. The summed E-state index contributed by atoms with van der Waals surface area (Å²) in [5, 5.41) is 10.7. The summed E-state index contributed by atoms with van der Waals surface area (Å²) in [7, 11) is -4.75. The van der Waals surface area contributed by atoms with Crippen molar-refractivity contribution in [1.82, 2.24) is 9.55 Å². The van der Waals surface area contributed by atoms with E-state index in [1.165, 1.54) is 6.07 Å². The van der Waals surface area contributed by atoms with E-state index in [9.17, 15) is 24.1 Å². The summed E-state index contributed by atoms with van der Waals surface area (Å²) in [4.78, 5) is 40.6. The number of halogens is 2. The van der Waals surface area contributed by atoms with Gasteiger partial charge in [-0.1, -0.05) is 13.8 Å². The largest absolute Gasteiger partial charge is 0.480 e. The maximum absolute atomic E-state index is 15.2. The van der Waals surface area contributed by atoms with Crippen LogP contribution in [0.2, 0.25) is 0 Å². The van der Waals surface area contributed by atoms with Gasteiger partial charge in [-0.2, -0.15) is 4.98 Å². The van der Waals surface area contributed by atoms with Crippen LogP contribution in [-0.2, 0) is 41.9 Å². The topological polar surface area (TPSA) is 188 Å². The van der Waals surface area contributed by atoms with E-state index in [1.54, 1.807) is 34.6 Å². The van der Waals surface area contributed by atoms with Gasteiger partial charge in [0.1, 0.15) is 17.5 Å². The molecule has 0 aromatic carbocycles. The molecule has 2 rings (SSSR count). The van der Waals surface area contributed by atoms with Gasteiger partial charge in [-0.05, 0) is 59.4 Å². The molecule has 1 aromatic rings. The van der Waals surface area contributed by atoms with Crippen LogP contribution in [0.1, 0.15) is 67.5 Å². The van der Waals surface area contributed by atoms with Gasteiger partial charge >= 0.3 is 25.5 Å². The molecular formula is C26H42ClFN3O11P. The third-order valence-electron chi connectivity index (χ3n) is 6.60. The van der Waals surface area contributed by atoms with Crippen LogP contribution >= 0.6 is 19.4 Å². The lowest BCUT2D eigenvalue weighted by atomic mass is 9.85. The summed E-state index contributed by atoms with van der Waals surface area (Å²) in [6.07, 6.45) is -3.48. The maximum Gasteiger partial charge on any atom is 0.480 e. The van der Waals surface area contributed by atoms with Crippen molar-refractivity contribution in [3.8, 4) is 0 Å². The molecule has 3 N–H and O–H groups in total. The second-order valence-electron chi connectivity index (χ2n) is 12.3. The number of aromatic nitrogens is 2. The summed E-state index contributed by atoms with van der Waals surface area (Å²) in [5.41, 5.74) is 0.662. The normalized spacial score (nSPS) is 24.1. The number of aliphatic hydroxyl groups is 1. The number of hydrogen-bond donors (Lipinski definition) is 2. The monoisotopic (exact) mass is 657 g/mol. The number of carbonyl (C=O) groups excluding carboxylic acids is 2. The van der Waals surface area contributed by atoms with Crippen LogP contribution in [0.5, 0.6) is 0 Å². The fourth-order valence-corrected chi connectivity index (χ4v) is 4.93. The van der Waals surface area contributed by atoms with Crippen molar-refractivity contribution in [3.05, 3.63) is 22.7 Å². The van der Waals surface area contributed by atoms with Gasteiger partial charge in [-0.15, -0.1) is 11.6 Å². The van der Waals surface area contributed by atoms with E-state index in [1.807, 2.05) is 13.8 Å². The number of anilines is 1. The van der Waals surface area contributed by atoms with Crippen molar-refractivity contribution in [3.63, 3.8) is 0 Å². The van der Waals surface area contributed by atoms with Crippen molar-refractivity contribution in [2.75, 3.05) is 31.8 Å². The van der Waals surface area contributed by atoms with Crippen LogP contribution < -0.4 is 11.4 Å². The van der Waals surface area contributed by atoms with Crippen molar-refractivity contribution >= 4 is 37.2 Å². The number of nitrogens with zero attached hydrogens (tertiary/aromatic N) is 2. The lowest BCUT2D eigenvalue weighted by molar-refractivity contribution is -0.165. The van der Waals surface area contributed by atoms with Crippen LogP contribution in [0.4, 0.5) is 10.2 Å². The summed E-state index contributed by atoms with van der Waals surface area (Å²) in [6, 6.07) is 1.22. The van der Waals surface area contributed by atoms with E-state index in [4.69, 9.17) is 45.1 Å². The molecule has 1 saturated heterocycles. The van der Waals surface area contributed by atoms with Crippen LogP contribution in [0, 0.1) is 16.7 Å². The summed E-state index contributed by atoms with van der Waals surface area (Å²) < 4.78 is 60.9. The number of ether oxygens (including phenoxy) is 3. The van der Waals surface area contributed by atoms with Crippen molar-refractivity contribution in [2.24, 2.45) is 16.7 Å². The molecule has 43 heavy (non-hydrogen) atoms. The van der Waals surface area contributed by atoms with E-state index in [0.29, 0.717) is 12.3 Å². The SMILES string of the molecule is CC(C)CCC(C)(C)C(=O)OCOP(=O)(OCOC(=O)C(C)(C)C)OCC1(CCl)OC(n2ccc(N)nc2=O)C(F)C1O. The molecule has 1 aliphatic rings. The van der Waals surface area contributed by atoms with Crippen LogP contribution in [0.15, 0.2) is 17.1 Å². The molecule has 14 nitrogen and oxygen atoms in total. The Bertz CT molecular complexity index is 1230. The van der Waals surface area contributed by atoms with Crippen molar-refractivity contribution in [1.29, 1.82) is 0 Å². The molecule has 0 radical (unpaired) electrons. The molecule has 2 heterocycles. The van der Waals surface area contributed by atoms with Gasteiger partial charge in [-0.25, -0.2) is 22.8 Å². The van der Waals surface area contributed by atoms with E-state index in [-0.39, 0.29) is 5.82 Å². The van der Waals surface area contributed by atoms with Gasteiger partial charge in [0.25, 0.3) is 0 Å². The zero-order chi connectivity index (χ0) is 32.8. The minimum Gasteiger partial charge on any atom is -0.437 e. The molecule has 1 aromatic heterocycles. The van der Waals surface area contributed by atoms with E-state index in [2.05, 4.69) is 4.98 Å². The van der Waals surface area contributed by atoms with Crippen LogP contribution in [-0.4, -0.2) is 70.5 Å². The lowest BCUT2D eigenvalue weighted by Gasteiger charge is -2.30. The Balaban J connectivity index is 2.20. The third-order valence-corrected chi connectivity index (χ3v) is 8.34. The number of hydrogen-bond acceptors (Lipinski definition) is 13. The fourth-order valence-electron chi connectivity index (χ4n) is 3.67. The van der Waals surface area contributed by atoms with E-state index < -0.39 is 86.5 Å². The maximum atomic E-state index is 15.2. The Hall–Kier alpha value is -2.13. The second kappa shape index (κ2) is 14.8. The highest BCUT2D eigenvalue weighted by Crippen LogP contribution is 2.52. The number of aliphatic hydroxyl groups excluding tert-OH is 1. The summed E-state index contributed by atoms with van der Waals surface area (Å²) >= 11 is 6.05. The average molecular weight is 658 g/mol. The molecule has 1 fully saturated rings.